The minimum absolute atomic E-state index is 0.195. The summed E-state index contributed by atoms with van der Waals surface area (Å²) in [5, 5.41) is 2.18. The number of benzene rings is 1. The molecule has 0 aliphatic rings. The number of rotatable bonds is 2. The van der Waals surface area contributed by atoms with Crippen molar-refractivity contribution in [3.05, 3.63) is 26.2 Å². The second-order valence-corrected chi connectivity index (χ2v) is 5.41. The van der Waals surface area contributed by atoms with Crippen LogP contribution in [0.1, 0.15) is 6.92 Å². The number of hydrogen-bond acceptors (Lipinski definition) is 1. The Morgan fingerprint density at radius 3 is 2.79 bits per heavy atom. The second kappa shape index (κ2) is 5.32. The highest BCUT2D eigenvalue weighted by Gasteiger charge is 2.09. The molecule has 0 spiro atoms. The Kier molecular flexibility index (Phi) is 4.66. The molecule has 0 saturated heterocycles. The van der Waals surface area contributed by atoms with E-state index in [1.165, 1.54) is 0 Å². The van der Waals surface area contributed by atoms with Crippen molar-refractivity contribution in [1.29, 1.82) is 0 Å². The minimum Gasteiger partial charge on any atom is -0.325 e. The van der Waals surface area contributed by atoms with Crippen LogP contribution >= 0.6 is 50.1 Å². The van der Waals surface area contributed by atoms with Gasteiger partial charge in [-0.05, 0) is 63.6 Å². The van der Waals surface area contributed by atoms with Gasteiger partial charge in [0.15, 0.2) is 0 Å². The quantitative estimate of drug-likeness (QED) is 0.609. The number of nitrogens with one attached hydrogen (secondary N) is 1. The molecule has 1 rings (SSSR count). The molecule has 0 radical (unpaired) electrons. The average molecular weight is 388 g/mol. The molecule has 1 unspecified atom stereocenters. The van der Waals surface area contributed by atoms with Crippen LogP contribution in [0.15, 0.2) is 22.7 Å². The number of alkyl halides is 1. The summed E-state index contributed by atoms with van der Waals surface area (Å²) in [6.45, 7) is 1.64. The molecule has 5 heteroatoms. The molecule has 76 valence electrons. The van der Waals surface area contributed by atoms with E-state index in [1.54, 1.807) is 6.92 Å². The Balaban J connectivity index is 2.78. The molecule has 0 aliphatic carbocycles. The lowest BCUT2D eigenvalue weighted by Gasteiger charge is -2.07. The molecule has 2 nitrogen and oxygen atoms in total. The molecule has 1 aromatic carbocycles. The third kappa shape index (κ3) is 3.40. The number of halogens is 3. The van der Waals surface area contributed by atoms with Gasteiger partial charge in [0.25, 0.3) is 0 Å². The smallest absolute Gasteiger partial charge is 0.242 e. The van der Waals surface area contributed by atoms with Crippen molar-refractivity contribution in [3.8, 4) is 0 Å². The molecular weight excluding hydrogens is 380 g/mol. The van der Waals surface area contributed by atoms with Crippen LogP contribution in [0.2, 0.25) is 0 Å². The van der Waals surface area contributed by atoms with Crippen LogP contribution in [0, 0.1) is 3.57 Å². The van der Waals surface area contributed by atoms with Crippen molar-refractivity contribution in [2.75, 3.05) is 5.32 Å². The van der Waals surface area contributed by atoms with Crippen molar-refractivity contribution in [1.82, 2.24) is 0 Å². The minimum atomic E-state index is -0.520. The van der Waals surface area contributed by atoms with Gasteiger partial charge in [-0.1, -0.05) is 0 Å². The fraction of sp³-hybridized carbons (Fsp3) is 0.222. The first-order chi connectivity index (χ1) is 6.50. The number of anilines is 1. The van der Waals surface area contributed by atoms with E-state index in [0.717, 1.165) is 13.7 Å². The van der Waals surface area contributed by atoms with Crippen LogP contribution in [-0.4, -0.2) is 11.3 Å². The van der Waals surface area contributed by atoms with Crippen LogP contribution < -0.4 is 5.32 Å². The molecule has 0 aliphatic heterocycles. The molecule has 1 aromatic rings. The molecule has 1 N–H and O–H groups in total. The first-order valence-electron chi connectivity index (χ1n) is 3.90. The SMILES string of the molecule is CC(Cl)C(=O)Nc1ccc(I)c(Br)c1. The summed E-state index contributed by atoms with van der Waals surface area (Å²) in [6, 6.07) is 5.60. The summed E-state index contributed by atoms with van der Waals surface area (Å²) in [4.78, 5) is 11.2. The highest BCUT2D eigenvalue weighted by Crippen LogP contribution is 2.23. The maximum Gasteiger partial charge on any atom is 0.242 e. The van der Waals surface area contributed by atoms with Crippen molar-refractivity contribution in [3.63, 3.8) is 0 Å². The van der Waals surface area contributed by atoms with Gasteiger partial charge in [-0.15, -0.1) is 11.6 Å². The van der Waals surface area contributed by atoms with Crippen molar-refractivity contribution < 1.29 is 4.79 Å². The highest BCUT2D eigenvalue weighted by atomic mass is 127. The summed E-state index contributed by atoms with van der Waals surface area (Å²) in [7, 11) is 0. The van der Waals surface area contributed by atoms with Gasteiger partial charge < -0.3 is 5.32 Å². The lowest BCUT2D eigenvalue weighted by Crippen LogP contribution is -2.20. The Morgan fingerprint density at radius 1 is 1.64 bits per heavy atom. The van der Waals surface area contributed by atoms with E-state index in [-0.39, 0.29) is 5.91 Å². The third-order valence-electron chi connectivity index (χ3n) is 1.55. The van der Waals surface area contributed by atoms with Crippen molar-refractivity contribution in [2.24, 2.45) is 0 Å². The lowest BCUT2D eigenvalue weighted by molar-refractivity contribution is -0.115. The maximum atomic E-state index is 11.2. The molecule has 0 fully saturated rings. The van der Waals surface area contributed by atoms with Crippen LogP contribution in [0.4, 0.5) is 5.69 Å². The zero-order valence-corrected chi connectivity index (χ0v) is 11.9. The molecule has 0 bridgehead atoms. The lowest BCUT2D eigenvalue weighted by atomic mass is 10.3. The van der Waals surface area contributed by atoms with Crippen molar-refractivity contribution in [2.45, 2.75) is 12.3 Å². The average Bonchev–Trinajstić information content (AvgIpc) is 2.11. The Hall–Kier alpha value is 0.190. The standard InChI is InChI=1S/C9H8BrClINO/c1-5(11)9(14)13-6-2-3-8(12)7(10)4-6/h2-5H,1H3,(H,13,14). The summed E-state index contributed by atoms with van der Waals surface area (Å²) in [5.41, 5.74) is 0.745. The summed E-state index contributed by atoms with van der Waals surface area (Å²) in [6.07, 6.45) is 0. The van der Waals surface area contributed by atoms with Crippen LogP contribution in [0.25, 0.3) is 0 Å². The maximum absolute atomic E-state index is 11.2. The normalized spacial score (nSPS) is 12.3. The van der Waals surface area contributed by atoms with E-state index >= 15 is 0 Å². The van der Waals surface area contributed by atoms with Gasteiger partial charge in [0.2, 0.25) is 5.91 Å². The van der Waals surface area contributed by atoms with Gasteiger partial charge in [-0.3, -0.25) is 4.79 Å². The van der Waals surface area contributed by atoms with Gasteiger partial charge in [0.1, 0.15) is 5.38 Å². The number of carbonyl (C=O) groups excluding carboxylic acids is 1. The summed E-state index contributed by atoms with van der Waals surface area (Å²) in [5.74, 6) is -0.195. The van der Waals surface area contributed by atoms with E-state index in [1.807, 2.05) is 18.2 Å². The van der Waals surface area contributed by atoms with E-state index in [4.69, 9.17) is 11.6 Å². The van der Waals surface area contributed by atoms with Gasteiger partial charge in [0.05, 0.1) is 0 Å². The number of amides is 1. The molecule has 0 heterocycles. The van der Waals surface area contributed by atoms with Gasteiger partial charge in [0, 0.05) is 13.7 Å². The van der Waals surface area contributed by atoms with E-state index in [0.29, 0.717) is 0 Å². The molecule has 14 heavy (non-hydrogen) atoms. The Bertz CT molecular complexity index is 357. The van der Waals surface area contributed by atoms with Gasteiger partial charge in [-0.2, -0.15) is 0 Å². The third-order valence-corrected chi connectivity index (χ3v) is 4.08. The van der Waals surface area contributed by atoms with Crippen LogP contribution in [0.5, 0.6) is 0 Å². The largest absolute Gasteiger partial charge is 0.325 e. The predicted molar refractivity (Wildman–Crippen MR) is 70.8 cm³/mol. The Morgan fingerprint density at radius 2 is 2.29 bits per heavy atom. The molecule has 0 saturated carbocycles. The van der Waals surface area contributed by atoms with E-state index in [2.05, 4.69) is 43.8 Å². The van der Waals surface area contributed by atoms with Gasteiger partial charge >= 0.3 is 0 Å². The molecular formula is C9H8BrClINO. The number of hydrogen-bond donors (Lipinski definition) is 1. The fourth-order valence-corrected chi connectivity index (χ4v) is 1.58. The Labute approximate surface area is 110 Å². The summed E-state index contributed by atoms with van der Waals surface area (Å²) < 4.78 is 2.05. The summed E-state index contributed by atoms with van der Waals surface area (Å²) >= 11 is 11.2. The van der Waals surface area contributed by atoms with Gasteiger partial charge in [-0.25, -0.2) is 0 Å². The predicted octanol–water partition coefficient (Wildman–Crippen LogP) is 3.62. The fourth-order valence-electron chi connectivity index (χ4n) is 0.816. The molecule has 0 aromatic heterocycles. The topological polar surface area (TPSA) is 29.1 Å². The van der Waals surface area contributed by atoms with E-state index in [9.17, 15) is 4.79 Å². The van der Waals surface area contributed by atoms with Crippen LogP contribution in [-0.2, 0) is 4.79 Å². The molecule has 1 amide bonds. The highest BCUT2D eigenvalue weighted by molar-refractivity contribution is 14.1. The first kappa shape index (κ1) is 12.3. The number of carbonyl (C=O) groups is 1. The van der Waals surface area contributed by atoms with Crippen molar-refractivity contribution >= 4 is 61.7 Å². The zero-order valence-electron chi connectivity index (χ0n) is 7.35. The first-order valence-corrected chi connectivity index (χ1v) is 6.21. The monoisotopic (exact) mass is 387 g/mol. The van der Waals surface area contributed by atoms with E-state index < -0.39 is 5.38 Å². The van der Waals surface area contributed by atoms with Crippen LogP contribution in [0.3, 0.4) is 0 Å². The zero-order chi connectivity index (χ0) is 10.7. The molecule has 1 atom stereocenters. The second-order valence-electron chi connectivity index (χ2n) is 2.73.